The molecule has 0 spiro atoms. The van der Waals surface area contributed by atoms with Gasteiger partial charge in [0.05, 0.1) is 5.69 Å². The summed E-state index contributed by atoms with van der Waals surface area (Å²) >= 11 is 0. The molecule has 1 heterocycles. The predicted octanol–water partition coefficient (Wildman–Crippen LogP) is 6.18. The van der Waals surface area contributed by atoms with Crippen LogP contribution in [0.15, 0.2) is 47.5 Å². The topological polar surface area (TPSA) is 50.7 Å². The molecule has 0 fully saturated rings. The van der Waals surface area contributed by atoms with Gasteiger partial charge in [0.25, 0.3) is 0 Å². The minimum Gasteiger partial charge on any atom is -0.467 e. The third-order valence-electron chi connectivity index (χ3n) is 4.71. The van der Waals surface area contributed by atoms with Crippen LogP contribution in [0, 0.1) is 17.8 Å². The molecule has 0 bridgehead atoms. The van der Waals surface area contributed by atoms with Gasteiger partial charge in [-0.05, 0) is 36.8 Å². The largest absolute Gasteiger partial charge is 0.467 e. The van der Waals surface area contributed by atoms with E-state index in [9.17, 15) is 4.79 Å². The average Bonchev–Trinajstić information content (AvgIpc) is 2.60. The molecule has 1 unspecified atom stereocenters. The maximum absolute atomic E-state index is 12.2. The van der Waals surface area contributed by atoms with Crippen LogP contribution in [0.3, 0.4) is 0 Å². The van der Waals surface area contributed by atoms with Gasteiger partial charge in [-0.2, -0.15) is 0 Å². The van der Waals surface area contributed by atoms with Crippen molar-refractivity contribution in [3.63, 3.8) is 0 Å². The molecule has 0 radical (unpaired) electrons. The lowest BCUT2D eigenvalue weighted by Crippen LogP contribution is -2.28. The Bertz CT molecular complexity index is 913. The monoisotopic (exact) mass is 378 g/mol. The van der Waals surface area contributed by atoms with E-state index in [1.807, 2.05) is 45.0 Å². The second kappa shape index (κ2) is 7.08. The Kier molecular flexibility index (Phi) is 5.09. The van der Waals surface area contributed by atoms with E-state index in [2.05, 4.69) is 51.2 Å². The van der Waals surface area contributed by atoms with Crippen LogP contribution in [0.1, 0.15) is 64.3 Å². The van der Waals surface area contributed by atoms with E-state index in [0.29, 0.717) is 0 Å². The molecule has 28 heavy (non-hydrogen) atoms. The fraction of sp³-hybridized carbons (Fsp3) is 0.417. The molecule has 1 atom stereocenters. The van der Waals surface area contributed by atoms with Gasteiger partial charge in [-0.3, -0.25) is 4.79 Å². The van der Waals surface area contributed by atoms with Gasteiger partial charge in [-0.15, -0.1) is 0 Å². The van der Waals surface area contributed by atoms with Crippen LogP contribution in [0.2, 0.25) is 0 Å². The number of benzene rings is 2. The Labute approximate surface area is 168 Å². The molecular weight excluding hydrogens is 348 g/mol. The molecule has 2 aromatic carbocycles. The van der Waals surface area contributed by atoms with Crippen LogP contribution in [0.5, 0.6) is 0 Å². The van der Waals surface area contributed by atoms with E-state index >= 15 is 0 Å². The molecule has 148 valence electrons. The van der Waals surface area contributed by atoms with Crippen LogP contribution in [-0.2, 0) is 9.53 Å². The van der Waals surface area contributed by atoms with Gasteiger partial charge in [0.15, 0.2) is 12.0 Å². The number of anilines is 1. The summed E-state index contributed by atoms with van der Waals surface area (Å²) in [5.41, 5.74) is 4.42. The molecule has 1 aliphatic rings. The highest BCUT2D eigenvalue weighted by Gasteiger charge is 2.31. The average molecular weight is 379 g/mol. The smallest absolute Gasteiger partial charge is 0.229 e. The van der Waals surface area contributed by atoms with Crippen LogP contribution in [0.25, 0.3) is 0 Å². The molecular formula is C24H30N2O2. The first-order chi connectivity index (χ1) is 12.9. The maximum atomic E-state index is 12.2. The Morgan fingerprint density at radius 1 is 1.00 bits per heavy atom. The number of carbonyl (C=O) groups excluding carboxylic acids is 1. The lowest BCUT2D eigenvalue weighted by Gasteiger charge is -2.32. The summed E-state index contributed by atoms with van der Waals surface area (Å²) in [5.74, 6) is 0.733. The minimum absolute atomic E-state index is 0.00251. The van der Waals surface area contributed by atoms with Crippen molar-refractivity contribution in [2.24, 2.45) is 15.8 Å². The van der Waals surface area contributed by atoms with Gasteiger partial charge >= 0.3 is 0 Å². The van der Waals surface area contributed by atoms with E-state index in [1.54, 1.807) is 0 Å². The first kappa shape index (κ1) is 20.1. The van der Waals surface area contributed by atoms with E-state index in [4.69, 9.17) is 9.73 Å². The lowest BCUT2D eigenvalue weighted by molar-refractivity contribution is -0.123. The third kappa shape index (κ3) is 4.27. The normalized spacial score (nSPS) is 16.7. The number of rotatable bonds is 2. The first-order valence-corrected chi connectivity index (χ1v) is 9.73. The van der Waals surface area contributed by atoms with Crippen molar-refractivity contribution in [1.82, 2.24) is 0 Å². The molecule has 1 aliphatic heterocycles. The molecule has 3 rings (SSSR count). The Balaban J connectivity index is 1.94. The van der Waals surface area contributed by atoms with Gasteiger partial charge in [-0.1, -0.05) is 65.3 Å². The molecule has 0 aliphatic carbocycles. The zero-order valence-corrected chi connectivity index (χ0v) is 17.9. The van der Waals surface area contributed by atoms with Crippen molar-refractivity contribution in [3.05, 3.63) is 59.2 Å². The number of aliphatic imine (C=N–C) groups is 1. The number of ether oxygens (including phenoxy) is 1. The van der Waals surface area contributed by atoms with Crippen molar-refractivity contribution in [2.45, 2.75) is 54.6 Å². The number of fused-ring (bicyclic) bond motifs is 1. The van der Waals surface area contributed by atoms with Crippen molar-refractivity contribution < 1.29 is 9.53 Å². The fourth-order valence-electron chi connectivity index (χ4n) is 2.95. The summed E-state index contributed by atoms with van der Waals surface area (Å²) in [7, 11) is 0. The number of hydrogen-bond acceptors (Lipinski definition) is 3. The first-order valence-electron chi connectivity index (χ1n) is 9.73. The number of amides is 1. The van der Waals surface area contributed by atoms with E-state index in [0.717, 1.165) is 28.4 Å². The third-order valence-corrected chi connectivity index (χ3v) is 4.71. The molecule has 4 nitrogen and oxygen atoms in total. The fourth-order valence-corrected chi connectivity index (χ4v) is 2.95. The SMILES string of the molecule is Cc1ccc2c(c1)C(c1ccc(NC(=O)C(C)(C)C)cc1)OC(C(C)(C)C)=N2. The Morgan fingerprint density at radius 3 is 2.21 bits per heavy atom. The number of hydrogen-bond donors (Lipinski definition) is 1. The molecule has 0 aromatic heterocycles. The highest BCUT2D eigenvalue weighted by atomic mass is 16.5. The summed E-state index contributed by atoms with van der Waals surface area (Å²) in [6.07, 6.45) is -0.214. The summed E-state index contributed by atoms with van der Waals surface area (Å²) in [6.45, 7) is 14.1. The van der Waals surface area contributed by atoms with Gasteiger partial charge in [0.1, 0.15) is 0 Å². The number of nitrogens with one attached hydrogen (secondary N) is 1. The van der Waals surface area contributed by atoms with Gasteiger partial charge < -0.3 is 10.1 Å². The lowest BCUT2D eigenvalue weighted by atomic mass is 9.92. The quantitative estimate of drug-likeness (QED) is 0.679. The van der Waals surface area contributed by atoms with E-state index < -0.39 is 5.41 Å². The van der Waals surface area contributed by atoms with Gasteiger partial charge in [0, 0.05) is 22.1 Å². The number of aryl methyl sites for hydroxylation is 1. The van der Waals surface area contributed by atoms with Crippen LogP contribution < -0.4 is 5.32 Å². The molecule has 0 saturated heterocycles. The van der Waals surface area contributed by atoms with Crippen LogP contribution in [-0.4, -0.2) is 11.8 Å². The zero-order valence-electron chi connectivity index (χ0n) is 17.9. The van der Waals surface area contributed by atoms with Crippen molar-refractivity contribution in [1.29, 1.82) is 0 Å². The van der Waals surface area contributed by atoms with Gasteiger partial charge in [-0.25, -0.2) is 4.99 Å². The molecule has 0 saturated carbocycles. The highest BCUT2D eigenvalue weighted by Crippen LogP contribution is 2.41. The van der Waals surface area contributed by atoms with Crippen molar-refractivity contribution in [3.8, 4) is 0 Å². The summed E-state index contributed by atoms with van der Waals surface area (Å²) in [4.78, 5) is 17.0. The molecule has 1 amide bonds. The standard InChI is InChI=1S/C24H30N2O2/c1-15-8-13-19-18(14-15)20(28-22(26-19)24(5,6)7)16-9-11-17(12-10-16)25-21(27)23(2,3)4/h8-14,20H,1-7H3,(H,25,27). The van der Waals surface area contributed by atoms with Crippen molar-refractivity contribution in [2.75, 3.05) is 5.32 Å². The number of nitrogens with zero attached hydrogens (tertiary/aromatic N) is 1. The summed E-state index contributed by atoms with van der Waals surface area (Å²) in [6, 6.07) is 14.2. The summed E-state index contributed by atoms with van der Waals surface area (Å²) < 4.78 is 6.36. The van der Waals surface area contributed by atoms with Crippen LogP contribution in [0.4, 0.5) is 11.4 Å². The molecule has 1 N–H and O–H groups in total. The van der Waals surface area contributed by atoms with Gasteiger partial charge in [0.2, 0.25) is 5.91 Å². The van der Waals surface area contributed by atoms with Crippen molar-refractivity contribution >= 4 is 23.2 Å². The Hall–Kier alpha value is -2.62. The Morgan fingerprint density at radius 2 is 1.64 bits per heavy atom. The summed E-state index contributed by atoms with van der Waals surface area (Å²) in [5, 5.41) is 2.97. The maximum Gasteiger partial charge on any atom is 0.229 e. The predicted molar refractivity (Wildman–Crippen MR) is 115 cm³/mol. The van der Waals surface area contributed by atoms with E-state index in [1.165, 1.54) is 5.56 Å². The second-order valence-electron chi connectivity index (χ2n) is 9.55. The number of carbonyl (C=O) groups is 1. The minimum atomic E-state index is -0.431. The second-order valence-corrected chi connectivity index (χ2v) is 9.55. The molecule has 2 aromatic rings. The van der Waals surface area contributed by atoms with E-state index in [-0.39, 0.29) is 17.4 Å². The van der Waals surface area contributed by atoms with Crippen LogP contribution >= 0.6 is 0 Å². The molecule has 4 heteroatoms. The highest BCUT2D eigenvalue weighted by molar-refractivity contribution is 5.94. The zero-order chi connectivity index (χ0) is 20.7.